The second-order valence-electron chi connectivity index (χ2n) is 3.84. The van der Waals surface area contributed by atoms with Gasteiger partial charge in [-0.05, 0) is 13.2 Å². The minimum absolute atomic E-state index is 0.486. The van der Waals surface area contributed by atoms with E-state index in [1.54, 1.807) is 0 Å². The summed E-state index contributed by atoms with van der Waals surface area (Å²) in [5.74, 6) is 0.928. The van der Waals surface area contributed by atoms with Gasteiger partial charge in [0.05, 0.1) is 0 Å². The van der Waals surface area contributed by atoms with Gasteiger partial charge in [0.15, 0.2) is 5.16 Å². The molecule has 1 N–H and O–H groups in total. The molecule has 2 rings (SSSR count). The van der Waals surface area contributed by atoms with Crippen LogP contribution in [0.3, 0.4) is 0 Å². The maximum absolute atomic E-state index is 5.98. The molecule has 1 aromatic rings. The molecule has 1 fully saturated rings. The Morgan fingerprint density at radius 3 is 3.06 bits per heavy atom. The number of thioether (sulfide) groups is 1. The highest BCUT2D eigenvalue weighted by molar-refractivity contribution is 7.98. The quantitative estimate of drug-likeness (QED) is 0.496. The number of piperazine rings is 1. The third kappa shape index (κ3) is 2.78. The van der Waals surface area contributed by atoms with E-state index in [-0.39, 0.29) is 0 Å². The molecule has 1 atom stereocenters. The van der Waals surface area contributed by atoms with Crippen LogP contribution in [0.25, 0.3) is 0 Å². The third-order valence-electron chi connectivity index (χ3n) is 2.54. The van der Waals surface area contributed by atoms with Crippen molar-refractivity contribution in [1.82, 2.24) is 15.3 Å². The first-order valence-electron chi connectivity index (χ1n) is 5.26. The van der Waals surface area contributed by atoms with E-state index in [9.17, 15) is 0 Å². The molecule has 0 spiro atoms. The van der Waals surface area contributed by atoms with Crippen molar-refractivity contribution in [3.8, 4) is 0 Å². The van der Waals surface area contributed by atoms with Crippen LogP contribution < -0.4 is 10.2 Å². The lowest BCUT2D eigenvalue weighted by molar-refractivity contribution is 0.481. The fourth-order valence-electron chi connectivity index (χ4n) is 1.78. The van der Waals surface area contributed by atoms with Gasteiger partial charge < -0.3 is 10.2 Å². The Morgan fingerprint density at radius 2 is 2.38 bits per heavy atom. The standard InChI is InChI=1S/C10H15ClN4S/c1-7-6-15(4-3-12-7)9-5-8(11)13-10(14-9)16-2/h5,7,12H,3-4,6H2,1-2H3/t7-/m1/s1. The van der Waals surface area contributed by atoms with Gasteiger partial charge in [-0.1, -0.05) is 23.4 Å². The molecule has 2 heterocycles. The summed E-state index contributed by atoms with van der Waals surface area (Å²) in [7, 11) is 0. The van der Waals surface area contributed by atoms with Crippen molar-refractivity contribution in [1.29, 1.82) is 0 Å². The maximum Gasteiger partial charge on any atom is 0.190 e. The summed E-state index contributed by atoms with van der Waals surface area (Å²) in [6.45, 7) is 5.08. The zero-order chi connectivity index (χ0) is 11.5. The van der Waals surface area contributed by atoms with Crippen LogP contribution in [0, 0.1) is 0 Å². The molecule has 4 nitrogen and oxygen atoms in total. The monoisotopic (exact) mass is 258 g/mol. The molecule has 0 saturated carbocycles. The maximum atomic E-state index is 5.98. The fraction of sp³-hybridized carbons (Fsp3) is 0.600. The van der Waals surface area contributed by atoms with Crippen molar-refractivity contribution in [2.24, 2.45) is 0 Å². The lowest BCUT2D eigenvalue weighted by atomic mass is 10.2. The second-order valence-corrected chi connectivity index (χ2v) is 5.00. The van der Waals surface area contributed by atoms with Crippen LogP contribution in [0.15, 0.2) is 11.2 Å². The van der Waals surface area contributed by atoms with Crippen molar-refractivity contribution >= 4 is 29.2 Å². The number of nitrogens with one attached hydrogen (secondary N) is 1. The highest BCUT2D eigenvalue weighted by Gasteiger charge is 2.17. The number of hydrogen-bond acceptors (Lipinski definition) is 5. The molecule has 0 bridgehead atoms. The van der Waals surface area contributed by atoms with Gasteiger partial charge in [0, 0.05) is 31.7 Å². The van der Waals surface area contributed by atoms with Crippen LogP contribution in [0.4, 0.5) is 5.82 Å². The summed E-state index contributed by atoms with van der Waals surface area (Å²) < 4.78 is 0. The Balaban J connectivity index is 2.21. The van der Waals surface area contributed by atoms with Crippen LogP contribution in [-0.2, 0) is 0 Å². The molecule has 6 heteroatoms. The molecule has 1 saturated heterocycles. The molecule has 0 unspecified atom stereocenters. The first-order chi connectivity index (χ1) is 7.69. The van der Waals surface area contributed by atoms with Gasteiger partial charge in [0.25, 0.3) is 0 Å². The lowest BCUT2D eigenvalue weighted by Crippen LogP contribution is -2.49. The van der Waals surface area contributed by atoms with Crippen molar-refractivity contribution in [2.75, 3.05) is 30.8 Å². The van der Waals surface area contributed by atoms with Gasteiger partial charge in [-0.3, -0.25) is 0 Å². The van der Waals surface area contributed by atoms with E-state index < -0.39 is 0 Å². The number of anilines is 1. The summed E-state index contributed by atoms with van der Waals surface area (Å²) in [5.41, 5.74) is 0. The van der Waals surface area contributed by atoms with Gasteiger partial charge in [0.2, 0.25) is 0 Å². The van der Waals surface area contributed by atoms with Crippen molar-refractivity contribution in [3.63, 3.8) is 0 Å². The van der Waals surface area contributed by atoms with Crippen LogP contribution in [-0.4, -0.2) is 41.9 Å². The average molecular weight is 259 g/mol. The molecule has 1 aromatic heterocycles. The summed E-state index contributed by atoms with van der Waals surface area (Å²) in [5, 5.41) is 4.65. The SMILES string of the molecule is CSc1nc(Cl)cc(N2CCN[C@H](C)C2)n1. The molecule has 1 aliphatic heterocycles. The van der Waals surface area contributed by atoms with Gasteiger partial charge in [-0.2, -0.15) is 0 Å². The van der Waals surface area contributed by atoms with E-state index in [2.05, 4.69) is 27.1 Å². The fourth-order valence-corrected chi connectivity index (χ4v) is 2.38. The van der Waals surface area contributed by atoms with Crippen molar-refractivity contribution in [3.05, 3.63) is 11.2 Å². The number of nitrogens with zero attached hydrogens (tertiary/aromatic N) is 3. The average Bonchev–Trinajstić information content (AvgIpc) is 2.28. The van der Waals surface area contributed by atoms with E-state index in [1.807, 2.05) is 12.3 Å². The zero-order valence-electron chi connectivity index (χ0n) is 9.40. The largest absolute Gasteiger partial charge is 0.354 e. The number of aromatic nitrogens is 2. The predicted molar refractivity (Wildman–Crippen MR) is 68.5 cm³/mol. The summed E-state index contributed by atoms with van der Waals surface area (Å²) in [6.07, 6.45) is 1.95. The van der Waals surface area contributed by atoms with Crippen LogP contribution >= 0.6 is 23.4 Å². The molecule has 88 valence electrons. The summed E-state index contributed by atoms with van der Waals surface area (Å²) in [6, 6.07) is 2.32. The van der Waals surface area contributed by atoms with Crippen LogP contribution in [0.5, 0.6) is 0 Å². The van der Waals surface area contributed by atoms with Gasteiger partial charge in [0.1, 0.15) is 11.0 Å². The number of hydrogen-bond donors (Lipinski definition) is 1. The van der Waals surface area contributed by atoms with Crippen LogP contribution in [0.2, 0.25) is 5.15 Å². The van der Waals surface area contributed by atoms with Crippen molar-refractivity contribution in [2.45, 2.75) is 18.1 Å². The smallest absolute Gasteiger partial charge is 0.190 e. The van der Waals surface area contributed by atoms with Gasteiger partial charge in [-0.25, -0.2) is 9.97 Å². The molecular weight excluding hydrogens is 244 g/mol. The van der Waals surface area contributed by atoms with Crippen molar-refractivity contribution < 1.29 is 0 Å². The lowest BCUT2D eigenvalue weighted by Gasteiger charge is -2.32. The first-order valence-corrected chi connectivity index (χ1v) is 6.86. The molecule has 0 aliphatic carbocycles. The number of rotatable bonds is 2. The highest BCUT2D eigenvalue weighted by atomic mass is 35.5. The Morgan fingerprint density at radius 1 is 1.56 bits per heavy atom. The Bertz CT molecular complexity index is 374. The minimum Gasteiger partial charge on any atom is -0.354 e. The van der Waals surface area contributed by atoms with Gasteiger partial charge >= 0.3 is 0 Å². The van der Waals surface area contributed by atoms with E-state index in [0.717, 1.165) is 30.6 Å². The molecule has 0 aromatic carbocycles. The topological polar surface area (TPSA) is 41.1 Å². The first kappa shape index (κ1) is 12.0. The zero-order valence-corrected chi connectivity index (χ0v) is 11.0. The minimum atomic E-state index is 0.486. The van der Waals surface area contributed by atoms with E-state index in [4.69, 9.17) is 11.6 Å². The Hall–Kier alpha value is -0.520. The third-order valence-corrected chi connectivity index (χ3v) is 3.28. The second kappa shape index (κ2) is 5.21. The van der Waals surface area contributed by atoms with Crippen LogP contribution in [0.1, 0.15) is 6.92 Å². The normalized spacial score (nSPS) is 21.2. The molecule has 1 aliphatic rings. The predicted octanol–water partition coefficient (Wildman–Crippen LogP) is 1.65. The Labute approximate surface area is 105 Å². The summed E-state index contributed by atoms with van der Waals surface area (Å²) in [4.78, 5) is 10.9. The molecule has 16 heavy (non-hydrogen) atoms. The highest BCUT2D eigenvalue weighted by Crippen LogP contribution is 2.21. The Kier molecular flexibility index (Phi) is 3.89. The molecule has 0 radical (unpaired) electrons. The van der Waals surface area contributed by atoms with E-state index >= 15 is 0 Å². The van der Waals surface area contributed by atoms with E-state index in [0.29, 0.717) is 11.2 Å². The van der Waals surface area contributed by atoms with Gasteiger partial charge in [-0.15, -0.1) is 0 Å². The van der Waals surface area contributed by atoms with E-state index in [1.165, 1.54) is 11.8 Å². The molecular formula is C10H15ClN4S. The summed E-state index contributed by atoms with van der Waals surface area (Å²) >= 11 is 7.49. The molecule has 0 amide bonds. The number of halogens is 1.